The highest BCUT2D eigenvalue weighted by Crippen LogP contribution is 2.33. The van der Waals surface area contributed by atoms with Crippen LogP contribution in [0.15, 0.2) is 24.3 Å². The Morgan fingerprint density at radius 2 is 2.30 bits per heavy atom. The monoisotopic (exact) mass is 271 g/mol. The third-order valence-corrected chi connectivity index (χ3v) is 4.53. The Bertz CT molecular complexity index is 491. The lowest BCUT2D eigenvalue weighted by Crippen LogP contribution is -2.51. The normalized spacial score (nSPS) is 26.0. The molecule has 108 valence electrons. The van der Waals surface area contributed by atoms with Crippen LogP contribution in [0.1, 0.15) is 38.2 Å². The third-order valence-electron chi connectivity index (χ3n) is 4.53. The zero-order chi connectivity index (χ0) is 14.6. The largest absolute Gasteiger partial charge is 0.369 e. The summed E-state index contributed by atoms with van der Waals surface area (Å²) < 4.78 is 0. The van der Waals surface area contributed by atoms with Crippen molar-refractivity contribution in [1.29, 1.82) is 5.26 Å². The Balaban J connectivity index is 2.22. The van der Waals surface area contributed by atoms with Gasteiger partial charge in [-0.2, -0.15) is 5.26 Å². The van der Waals surface area contributed by atoms with Crippen molar-refractivity contribution in [3.05, 3.63) is 29.8 Å². The molecule has 0 saturated heterocycles. The lowest BCUT2D eigenvalue weighted by Gasteiger charge is -2.42. The maximum atomic E-state index is 9.50. The van der Waals surface area contributed by atoms with Gasteiger partial charge in [0.1, 0.15) is 5.54 Å². The summed E-state index contributed by atoms with van der Waals surface area (Å²) in [6, 6.07) is 11.6. The third kappa shape index (κ3) is 2.96. The molecule has 3 heteroatoms. The van der Waals surface area contributed by atoms with Crippen molar-refractivity contribution in [2.75, 3.05) is 18.5 Å². The number of hydrogen-bond acceptors (Lipinski definition) is 3. The highest BCUT2D eigenvalue weighted by Gasteiger charge is 2.37. The molecule has 1 fully saturated rings. The summed E-state index contributed by atoms with van der Waals surface area (Å²) in [4.78, 5) is 2.45. The molecule has 1 aromatic carbocycles. The molecule has 1 saturated carbocycles. The van der Waals surface area contributed by atoms with Crippen molar-refractivity contribution in [1.82, 2.24) is 5.32 Å². The first-order valence-electron chi connectivity index (χ1n) is 7.57. The van der Waals surface area contributed by atoms with E-state index in [4.69, 9.17) is 0 Å². The van der Waals surface area contributed by atoms with Crippen LogP contribution in [-0.4, -0.2) is 25.2 Å². The predicted molar refractivity (Wildman–Crippen MR) is 83.9 cm³/mol. The molecular formula is C17H25N3. The maximum absolute atomic E-state index is 9.50. The summed E-state index contributed by atoms with van der Waals surface area (Å²) >= 11 is 0. The van der Waals surface area contributed by atoms with E-state index in [1.54, 1.807) is 0 Å². The van der Waals surface area contributed by atoms with Crippen LogP contribution in [0.2, 0.25) is 0 Å². The predicted octanol–water partition coefficient (Wildman–Crippen LogP) is 3.25. The van der Waals surface area contributed by atoms with E-state index in [1.807, 2.05) is 7.05 Å². The van der Waals surface area contributed by atoms with Crippen LogP contribution in [0.25, 0.3) is 0 Å². The summed E-state index contributed by atoms with van der Waals surface area (Å²) in [5.74, 6) is 0. The van der Waals surface area contributed by atoms with Crippen molar-refractivity contribution in [2.24, 2.45) is 0 Å². The van der Waals surface area contributed by atoms with Crippen LogP contribution < -0.4 is 10.2 Å². The Morgan fingerprint density at radius 1 is 1.50 bits per heavy atom. The van der Waals surface area contributed by atoms with Gasteiger partial charge in [-0.3, -0.25) is 0 Å². The average molecular weight is 271 g/mol. The van der Waals surface area contributed by atoms with Crippen LogP contribution in [-0.2, 0) is 0 Å². The first-order valence-corrected chi connectivity index (χ1v) is 7.57. The molecular weight excluding hydrogens is 246 g/mol. The van der Waals surface area contributed by atoms with Gasteiger partial charge < -0.3 is 10.2 Å². The minimum Gasteiger partial charge on any atom is -0.369 e. The average Bonchev–Trinajstić information content (AvgIpc) is 2.48. The van der Waals surface area contributed by atoms with Gasteiger partial charge in [0.15, 0.2) is 0 Å². The number of anilines is 1. The lowest BCUT2D eigenvalue weighted by molar-refractivity contribution is 0.279. The fourth-order valence-corrected chi connectivity index (χ4v) is 3.35. The molecule has 20 heavy (non-hydrogen) atoms. The second kappa shape index (κ2) is 6.28. The van der Waals surface area contributed by atoms with Crippen LogP contribution in [0.4, 0.5) is 5.69 Å². The van der Waals surface area contributed by atoms with E-state index in [1.165, 1.54) is 17.7 Å². The van der Waals surface area contributed by atoms with Crippen molar-refractivity contribution in [3.8, 4) is 6.07 Å². The summed E-state index contributed by atoms with van der Waals surface area (Å²) in [7, 11) is 1.91. The smallest absolute Gasteiger partial charge is 0.108 e. The van der Waals surface area contributed by atoms with Crippen molar-refractivity contribution < 1.29 is 0 Å². The van der Waals surface area contributed by atoms with Gasteiger partial charge in [0.25, 0.3) is 0 Å². The first-order chi connectivity index (χ1) is 9.64. The first kappa shape index (κ1) is 14.9. The van der Waals surface area contributed by atoms with Crippen molar-refractivity contribution >= 4 is 5.69 Å². The molecule has 3 nitrogen and oxygen atoms in total. The van der Waals surface area contributed by atoms with Crippen LogP contribution in [0.5, 0.6) is 0 Å². The number of rotatable bonds is 4. The van der Waals surface area contributed by atoms with Gasteiger partial charge in [-0.15, -0.1) is 0 Å². The van der Waals surface area contributed by atoms with Gasteiger partial charge in [0, 0.05) is 18.3 Å². The molecule has 0 bridgehead atoms. The SMILES string of the molecule is CCN(c1cccc(C)c1)C1CCCC(C#N)(NC)C1. The molecule has 0 spiro atoms. The molecule has 0 aromatic heterocycles. The fraction of sp³-hybridized carbons (Fsp3) is 0.588. The molecule has 1 aliphatic carbocycles. The summed E-state index contributed by atoms with van der Waals surface area (Å²) in [5.41, 5.74) is 2.22. The van der Waals surface area contributed by atoms with E-state index in [9.17, 15) is 5.26 Å². The molecule has 2 rings (SSSR count). The quantitative estimate of drug-likeness (QED) is 0.913. The Hall–Kier alpha value is -1.53. The summed E-state index contributed by atoms with van der Waals surface area (Å²) in [6.45, 7) is 5.31. The zero-order valence-electron chi connectivity index (χ0n) is 12.8. The maximum Gasteiger partial charge on any atom is 0.108 e. The molecule has 1 aromatic rings. The number of nitrogens with one attached hydrogen (secondary N) is 1. The molecule has 1 aliphatic rings. The van der Waals surface area contributed by atoms with E-state index >= 15 is 0 Å². The van der Waals surface area contributed by atoms with Gasteiger partial charge in [0.05, 0.1) is 6.07 Å². The number of nitriles is 1. The molecule has 1 N–H and O–H groups in total. The van der Waals surface area contributed by atoms with Crippen LogP contribution >= 0.6 is 0 Å². The highest BCUT2D eigenvalue weighted by atomic mass is 15.2. The van der Waals surface area contributed by atoms with Crippen LogP contribution in [0, 0.1) is 18.3 Å². The Morgan fingerprint density at radius 3 is 2.90 bits per heavy atom. The minimum absolute atomic E-state index is 0.347. The molecule has 2 unspecified atom stereocenters. The van der Waals surface area contributed by atoms with E-state index < -0.39 is 0 Å². The number of hydrogen-bond donors (Lipinski definition) is 1. The molecule has 0 amide bonds. The van der Waals surface area contributed by atoms with Gasteiger partial charge in [-0.25, -0.2) is 0 Å². The van der Waals surface area contributed by atoms with Crippen LogP contribution in [0.3, 0.4) is 0 Å². The minimum atomic E-state index is -0.347. The molecule has 0 heterocycles. The van der Waals surface area contributed by atoms with E-state index in [0.29, 0.717) is 6.04 Å². The zero-order valence-corrected chi connectivity index (χ0v) is 12.8. The standard InChI is InChI=1S/C17H25N3/c1-4-20(15-8-5-7-14(2)11-15)16-9-6-10-17(12-16,13-18)19-3/h5,7-8,11,16,19H,4,6,9-10,12H2,1-3H3. The van der Waals surface area contributed by atoms with Gasteiger partial charge >= 0.3 is 0 Å². The van der Waals surface area contributed by atoms with E-state index in [0.717, 1.165) is 25.8 Å². The van der Waals surface area contributed by atoms with E-state index in [2.05, 4.69) is 54.4 Å². The summed E-state index contributed by atoms with van der Waals surface area (Å²) in [5, 5.41) is 12.7. The Labute approximate surface area is 122 Å². The highest BCUT2D eigenvalue weighted by molar-refractivity contribution is 5.49. The number of benzene rings is 1. The number of nitrogens with zero attached hydrogens (tertiary/aromatic N) is 2. The van der Waals surface area contributed by atoms with Crippen molar-refractivity contribution in [2.45, 2.75) is 51.1 Å². The topological polar surface area (TPSA) is 39.1 Å². The Kier molecular flexibility index (Phi) is 4.67. The molecule has 2 atom stereocenters. The molecule has 0 aliphatic heterocycles. The lowest BCUT2D eigenvalue weighted by atomic mass is 9.79. The van der Waals surface area contributed by atoms with Gasteiger partial charge in [-0.1, -0.05) is 12.1 Å². The van der Waals surface area contributed by atoms with Gasteiger partial charge in [0.2, 0.25) is 0 Å². The number of aryl methyl sites for hydroxylation is 1. The second-order valence-corrected chi connectivity index (χ2v) is 5.82. The van der Waals surface area contributed by atoms with E-state index in [-0.39, 0.29) is 5.54 Å². The second-order valence-electron chi connectivity index (χ2n) is 5.82. The van der Waals surface area contributed by atoms with Crippen molar-refractivity contribution in [3.63, 3.8) is 0 Å². The van der Waals surface area contributed by atoms with Gasteiger partial charge in [-0.05, 0) is 64.3 Å². The fourth-order valence-electron chi connectivity index (χ4n) is 3.35. The summed E-state index contributed by atoms with van der Waals surface area (Å²) in [6.07, 6.45) is 4.15. The molecule has 0 radical (unpaired) electrons.